The summed E-state index contributed by atoms with van der Waals surface area (Å²) in [6, 6.07) is 5.89. The molecule has 0 saturated carbocycles. The maximum Gasteiger partial charge on any atom is 0.338 e. The molecule has 1 aromatic carbocycles. The van der Waals surface area contributed by atoms with E-state index in [-0.39, 0.29) is 11.8 Å². The second-order valence-electron chi connectivity index (χ2n) is 5.98. The summed E-state index contributed by atoms with van der Waals surface area (Å²) >= 11 is 0. The molecule has 21 heavy (non-hydrogen) atoms. The minimum atomic E-state index is -1.50. The number of ether oxygens (including phenoxy) is 2. The van der Waals surface area contributed by atoms with Crippen molar-refractivity contribution < 1.29 is 19.4 Å². The highest BCUT2D eigenvalue weighted by Crippen LogP contribution is 2.44. The molecule has 0 amide bonds. The number of carbonyl (C=O) groups is 1. The number of aryl methyl sites for hydroxylation is 1. The fourth-order valence-electron chi connectivity index (χ4n) is 3.31. The second-order valence-corrected chi connectivity index (χ2v) is 5.98. The minimum absolute atomic E-state index is 0.230. The minimum Gasteiger partial charge on any atom is -0.497 e. The van der Waals surface area contributed by atoms with Crippen LogP contribution < -0.4 is 4.74 Å². The van der Waals surface area contributed by atoms with Gasteiger partial charge >= 0.3 is 5.97 Å². The lowest BCUT2D eigenvalue weighted by atomic mass is 9.68. The van der Waals surface area contributed by atoms with Crippen LogP contribution in [0.4, 0.5) is 0 Å². The summed E-state index contributed by atoms with van der Waals surface area (Å²) in [5, 5.41) is 11.1. The molecule has 4 nitrogen and oxygen atoms in total. The number of fused-ring (bicyclic) bond motifs is 1. The van der Waals surface area contributed by atoms with Crippen LogP contribution in [0.25, 0.3) is 0 Å². The molecule has 0 heterocycles. The van der Waals surface area contributed by atoms with E-state index in [1.54, 1.807) is 7.11 Å². The van der Waals surface area contributed by atoms with Crippen LogP contribution in [0.3, 0.4) is 0 Å². The van der Waals surface area contributed by atoms with Gasteiger partial charge in [-0.05, 0) is 48.4 Å². The van der Waals surface area contributed by atoms with Crippen molar-refractivity contribution in [2.24, 2.45) is 5.92 Å². The van der Waals surface area contributed by atoms with Gasteiger partial charge in [0.1, 0.15) is 5.75 Å². The number of aliphatic hydroxyl groups is 1. The number of hydrogen-bond acceptors (Lipinski definition) is 4. The fourth-order valence-corrected chi connectivity index (χ4v) is 3.31. The lowest BCUT2D eigenvalue weighted by Crippen LogP contribution is -2.50. The number of methoxy groups -OCH3 is 2. The Hall–Kier alpha value is -1.55. The molecular weight excluding hydrogens is 268 g/mol. The molecule has 1 N–H and O–H groups in total. The molecule has 2 unspecified atom stereocenters. The Bertz CT molecular complexity index is 524. The summed E-state index contributed by atoms with van der Waals surface area (Å²) < 4.78 is 10.2. The van der Waals surface area contributed by atoms with Gasteiger partial charge in [0.05, 0.1) is 14.2 Å². The number of benzene rings is 1. The van der Waals surface area contributed by atoms with E-state index in [0.717, 1.165) is 30.6 Å². The third-order valence-corrected chi connectivity index (χ3v) is 4.59. The fraction of sp³-hybridized carbons (Fsp3) is 0.588. The largest absolute Gasteiger partial charge is 0.497 e. The van der Waals surface area contributed by atoms with Crippen LogP contribution in [0.5, 0.6) is 5.75 Å². The Labute approximate surface area is 126 Å². The molecule has 1 aliphatic rings. The molecule has 0 radical (unpaired) electrons. The lowest BCUT2D eigenvalue weighted by Gasteiger charge is -2.40. The van der Waals surface area contributed by atoms with E-state index in [9.17, 15) is 9.90 Å². The van der Waals surface area contributed by atoms with Gasteiger partial charge in [0, 0.05) is 5.92 Å². The van der Waals surface area contributed by atoms with Gasteiger partial charge in [0.25, 0.3) is 0 Å². The van der Waals surface area contributed by atoms with Crippen LogP contribution in [-0.4, -0.2) is 30.9 Å². The number of carbonyl (C=O) groups excluding carboxylic acids is 1. The molecule has 2 rings (SSSR count). The molecule has 0 fully saturated rings. The molecular formula is C17H24O4. The summed E-state index contributed by atoms with van der Waals surface area (Å²) in [4.78, 5) is 12.2. The van der Waals surface area contributed by atoms with Crippen LogP contribution in [0.1, 0.15) is 43.7 Å². The molecule has 116 valence electrons. The van der Waals surface area contributed by atoms with Gasteiger partial charge in [-0.25, -0.2) is 4.79 Å². The summed E-state index contributed by atoms with van der Waals surface area (Å²) in [6.07, 6.45) is 2.69. The molecule has 1 aromatic rings. The van der Waals surface area contributed by atoms with Crippen LogP contribution in [0, 0.1) is 5.92 Å². The average Bonchev–Trinajstić information content (AvgIpc) is 2.51. The molecule has 1 aliphatic carbocycles. The summed E-state index contributed by atoms with van der Waals surface area (Å²) in [5.74, 6) is -0.300. The van der Waals surface area contributed by atoms with Gasteiger partial charge in [0.2, 0.25) is 0 Å². The van der Waals surface area contributed by atoms with Crippen molar-refractivity contribution in [2.75, 3.05) is 14.2 Å². The molecule has 4 heteroatoms. The Morgan fingerprint density at radius 1 is 1.38 bits per heavy atom. The maximum absolute atomic E-state index is 12.2. The molecule has 0 bridgehead atoms. The zero-order valence-electron chi connectivity index (χ0n) is 13.2. The Balaban J connectivity index is 2.52. The van der Waals surface area contributed by atoms with E-state index in [1.807, 2.05) is 32.0 Å². The monoisotopic (exact) mass is 292 g/mol. The van der Waals surface area contributed by atoms with E-state index in [1.165, 1.54) is 12.7 Å². The first-order valence-electron chi connectivity index (χ1n) is 7.42. The van der Waals surface area contributed by atoms with E-state index in [2.05, 4.69) is 0 Å². The molecule has 2 atom stereocenters. The quantitative estimate of drug-likeness (QED) is 0.867. The van der Waals surface area contributed by atoms with Crippen LogP contribution in [0.15, 0.2) is 18.2 Å². The topological polar surface area (TPSA) is 55.8 Å². The average molecular weight is 292 g/mol. The number of esters is 1. The lowest BCUT2D eigenvalue weighted by molar-refractivity contribution is -0.171. The standard InChI is InChI=1S/C17H24O4/c1-11(2)17(19,16(18)21-4)15-7-5-6-12-8-9-13(20-3)10-14(12)15/h8-11,15,19H,5-7H2,1-4H3. The Morgan fingerprint density at radius 3 is 2.67 bits per heavy atom. The number of rotatable bonds is 4. The smallest absolute Gasteiger partial charge is 0.338 e. The van der Waals surface area contributed by atoms with Crippen molar-refractivity contribution in [2.45, 2.75) is 44.6 Å². The van der Waals surface area contributed by atoms with Gasteiger partial charge < -0.3 is 14.6 Å². The highest BCUT2D eigenvalue weighted by molar-refractivity contribution is 5.81. The normalized spacial score (nSPS) is 20.6. The second kappa shape index (κ2) is 6.06. The molecule has 0 aliphatic heterocycles. The predicted octanol–water partition coefficient (Wildman–Crippen LogP) is 2.68. The van der Waals surface area contributed by atoms with Crippen molar-refractivity contribution in [1.82, 2.24) is 0 Å². The summed E-state index contributed by atoms with van der Waals surface area (Å²) in [7, 11) is 2.94. The van der Waals surface area contributed by atoms with E-state index in [0.29, 0.717) is 0 Å². The van der Waals surface area contributed by atoms with Crippen LogP contribution in [0.2, 0.25) is 0 Å². The van der Waals surface area contributed by atoms with Gasteiger partial charge in [-0.1, -0.05) is 19.9 Å². The van der Waals surface area contributed by atoms with Gasteiger partial charge in [-0.15, -0.1) is 0 Å². The maximum atomic E-state index is 12.2. The zero-order chi connectivity index (χ0) is 15.6. The van der Waals surface area contributed by atoms with Crippen molar-refractivity contribution in [3.05, 3.63) is 29.3 Å². The molecule has 0 saturated heterocycles. The zero-order valence-corrected chi connectivity index (χ0v) is 13.2. The van der Waals surface area contributed by atoms with Crippen molar-refractivity contribution in [3.63, 3.8) is 0 Å². The third kappa shape index (κ3) is 2.64. The van der Waals surface area contributed by atoms with Gasteiger partial charge in [0.15, 0.2) is 5.60 Å². The van der Waals surface area contributed by atoms with E-state index in [4.69, 9.17) is 9.47 Å². The Morgan fingerprint density at radius 2 is 2.10 bits per heavy atom. The molecule has 0 spiro atoms. The first-order chi connectivity index (χ1) is 9.94. The number of hydrogen-bond donors (Lipinski definition) is 1. The first kappa shape index (κ1) is 15.8. The highest BCUT2D eigenvalue weighted by atomic mass is 16.5. The van der Waals surface area contributed by atoms with Gasteiger partial charge in [-0.2, -0.15) is 0 Å². The van der Waals surface area contributed by atoms with Crippen molar-refractivity contribution in [1.29, 1.82) is 0 Å². The van der Waals surface area contributed by atoms with Crippen molar-refractivity contribution >= 4 is 5.97 Å². The SMILES string of the molecule is COC(=O)C(O)(C(C)C)C1CCCc2ccc(OC)cc21. The third-order valence-electron chi connectivity index (χ3n) is 4.59. The predicted molar refractivity (Wildman–Crippen MR) is 80.5 cm³/mol. The van der Waals surface area contributed by atoms with E-state index < -0.39 is 11.6 Å². The first-order valence-corrected chi connectivity index (χ1v) is 7.42. The van der Waals surface area contributed by atoms with Gasteiger partial charge in [-0.3, -0.25) is 0 Å². The van der Waals surface area contributed by atoms with E-state index >= 15 is 0 Å². The summed E-state index contributed by atoms with van der Waals surface area (Å²) in [5.41, 5.74) is 0.674. The van der Waals surface area contributed by atoms with Crippen molar-refractivity contribution in [3.8, 4) is 5.75 Å². The van der Waals surface area contributed by atoms with Crippen LogP contribution >= 0.6 is 0 Å². The van der Waals surface area contributed by atoms with Crippen LogP contribution in [-0.2, 0) is 16.0 Å². The summed E-state index contributed by atoms with van der Waals surface area (Å²) in [6.45, 7) is 3.71. The highest BCUT2D eigenvalue weighted by Gasteiger charge is 2.49. The Kier molecular flexibility index (Phi) is 4.57. The molecule has 0 aromatic heterocycles.